The Kier molecular flexibility index (Phi) is 4.00. The number of rotatable bonds is 3. The van der Waals surface area contributed by atoms with Crippen LogP contribution >= 0.6 is 11.3 Å². The minimum absolute atomic E-state index is 0.579. The summed E-state index contributed by atoms with van der Waals surface area (Å²) in [6, 6.07) is 2.79. The molecular formula is C13H22N2S. The molecule has 0 saturated carbocycles. The highest BCUT2D eigenvalue weighted by Gasteiger charge is 2.27. The fourth-order valence-corrected chi connectivity index (χ4v) is 3.59. The summed E-state index contributed by atoms with van der Waals surface area (Å²) in [5, 5.41) is 2.19. The molecule has 0 radical (unpaired) electrons. The van der Waals surface area contributed by atoms with Crippen LogP contribution in [0.2, 0.25) is 0 Å². The van der Waals surface area contributed by atoms with Crippen molar-refractivity contribution in [1.82, 2.24) is 4.90 Å². The SMILES string of the molecule is Cc1ccsc1CN1CCCC(C)C1CN. The number of piperidine rings is 1. The first-order chi connectivity index (χ1) is 7.72. The summed E-state index contributed by atoms with van der Waals surface area (Å²) in [5.74, 6) is 0.749. The van der Waals surface area contributed by atoms with E-state index in [9.17, 15) is 0 Å². The number of nitrogens with zero attached hydrogens (tertiary/aromatic N) is 1. The molecular weight excluding hydrogens is 216 g/mol. The summed E-state index contributed by atoms with van der Waals surface area (Å²) in [5.41, 5.74) is 7.34. The van der Waals surface area contributed by atoms with Gasteiger partial charge in [0.2, 0.25) is 0 Å². The van der Waals surface area contributed by atoms with Crippen LogP contribution < -0.4 is 5.73 Å². The van der Waals surface area contributed by atoms with Crippen molar-refractivity contribution in [2.75, 3.05) is 13.1 Å². The molecule has 1 aliphatic heterocycles. The number of hydrogen-bond acceptors (Lipinski definition) is 3. The lowest BCUT2D eigenvalue weighted by molar-refractivity contribution is 0.1000. The highest BCUT2D eigenvalue weighted by molar-refractivity contribution is 7.10. The average molecular weight is 238 g/mol. The van der Waals surface area contributed by atoms with E-state index >= 15 is 0 Å². The van der Waals surface area contributed by atoms with Gasteiger partial charge in [-0.05, 0) is 49.2 Å². The molecule has 2 atom stereocenters. The van der Waals surface area contributed by atoms with Crippen LogP contribution in [-0.4, -0.2) is 24.0 Å². The monoisotopic (exact) mass is 238 g/mol. The largest absolute Gasteiger partial charge is 0.329 e. The summed E-state index contributed by atoms with van der Waals surface area (Å²) in [4.78, 5) is 4.08. The molecule has 0 spiro atoms. The van der Waals surface area contributed by atoms with Gasteiger partial charge >= 0.3 is 0 Å². The number of nitrogens with two attached hydrogens (primary N) is 1. The average Bonchev–Trinajstić information content (AvgIpc) is 2.65. The molecule has 0 aliphatic carbocycles. The number of aryl methyl sites for hydroxylation is 1. The molecule has 2 unspecified atom stereocenters. The molecule has 0 bridgehead atoms. The smallest absolute Gasteiger partial charge is 0.0334 e. The Labute approximate surface area is 102 Å². The summed E-state index contributed by atoms with van der Waals surface area (Å²) in [7, 11) is 0. The Morgan fingerprint density at radius 3 is 3.00 bits per heavy atom. The Balaban J connectivity index is 2.05. The van der Waals surface area contributed by atoms with Gasteiger partial charge in [0.05, 0.1) is 0 Å². The van der Waals surface area contributed by atoms with Crippen molar-refractivity contribution in [3.05, 3.63) is 21.9 Å². The maximum absolute atomic E-state index is 5.91. The first-order valence-electron chi connectivity index (χ1n) is 6.19. The number of likely N-dealkylation sites (tertiary alicyclic amines) is 1. The third-order valence-corrected chi connectivity index (χ3v) is 4.79. The maximum atomic E-state index is 5.91. The zero-order valence-electron chi connectivity index (χ0n) is 10.3. The van der Waals surface area contributed by atoms with Gasteiger partial charge in [-0.25, -0.2) is 0 Å². The molecule has 16 heavy (non-hydrogen) atoms. The van der Waals surface area contributed by atoms with Gasteiger partial charge in [-0.3, -0.25) is 4.90 Å². The van der Waals surface area contributed by atoms with Crippen molar-refractivity contribution in [1.29, 1.82) is 0 Å². The predicted octanol–water partition coefficient (Wildman–Crippen LogP) is 2.62. The quantitative estimate of drug-likeness (QED) is 0.877. The van der Waals surface area contributed by atoms with Gasteiger partial charge in [0.15, 0.2) is 0 Å². The van der Waals surface area contributed by atoms with Gasteiger partial charge in [0.1, 0.15) is 0 Å². The lowest BCUT2D eigenvalue weighted by atomic mass is 9.91. The van der Waals surface area contributed by atoms with Gasteiger partial charge < -0.3 is 5.73 Å². The maximum Gasteiger partial charge on any atom is 0.0334 e. The molecule has 1 aliphatic rings. The van der Waals surface area contributed by atoms with Crippen molar-refractivity contribution in [3.63, 3.8) is 0 Å². The highest BCUT2D eigenvalue weighted by Crippen LogP contribution is 2.26. The Hall–Kier alpha value is -0.380. The van der Waals surface area contributed by atoms with Crippen LogP contribution in [0.5, 0.6) is 0 Å². The third-order valence-electron chi connectivity index (χ3n) is 3.79. The van der Waals surface area contributed by atoms with E-state index in [0.717, 1.165) is 19.0 Å². The topological polar surface area (TPSA) is 29.3 Å². The normalized spacial score (nSPS) is 27.2. The molecule has 2 heterocycles. The second-order valence-electron chi connectivity index (χ2n) is 4.92. The molecule has 2 rings (SSSR count). The van der Waals surface area contributed by atoms with Crippen LogP contribution in [-0.2, 0) is 6.54 Å². The molecule has 3 heteroatoms. The van der Waals surface area contributed by atoms with E-state index in [1.165, 1.54) is 29.8 Å². The van der Waals surface area contributed by atoms with Gasteiger partial charge in [-0.15, -0.1) is 11.3 Å². The van der Waals surface area contributed by atoms with Crippen LogP contribution in [0.3, 0.4) is 0 Å². The van der Waals surface area contributed by atoms with Crippen molar-refractivity contribution >= 4 is 11.3 Å². The van der Waals surface area contributed by atoms with Crippen LogP contribution in [0.1, 0.15) is 30.2 Å². The summed E-state index contributed by atoms with van der Waals surface area (Å²) < 4.78 is 0. The zero-order valence-corrected chi connectivity index (χ0v) is 11.1. The van der Waals surface area contributed by atoms with Crippen LogP contribution in [0.25, 0.3) is 0 Å². The lowest BCUT2D eigenvalue weighted by Gasteiger charge is -2.39. The van der Waals surface area contributed by atoms with Crippen molar-refractivity contribution in [2.24, 2.45) is 11.7 Å². The number of thiophene rings is 1. The van der Waals surface area contributed by atoms with E-state index in [2.05, 4.69) is 30.2 Å². The second kappa shape index (κ2) is 5.30. The summed E-state index contributed by atoms with van der Waals surface area (Å²) >= 11 is 1.87. The molecule has 1 aromatic rings. The first-order valence-corrected chi connectivity index (χ1v) is 7.07. The number of hydrogen-bond donors (Lipinski definition) is 1. The fourth-order valence-electron chi connectivity index (χ4n) is 2.66. The van der Waals surface area contributed by atoms with Gasteiger partial charge in [0.25, 0.3) is 0 Å². The van der Waals surface area contributed by atoms with E-state index in [1.54, 1.807) is 0 Å². The van der Waals surface area contributed by atoms with Gasteiger partial charge in [-0.1, -0.05) is 6.92 Å². The minimum atomic E-state index is 0.579. The molecule has 1 fully saturated rings. The van der Waals surface area contributed by atoms with Gasteiger partial charge in [0, 0.05) is 24.0 Å². The summed E-state index contributed by atoms with van der Waals surface area (Å²) in [6.45, 7) is 7.65. The molecule has 1 aromatic heterocycles. The van der Waals surface area contributed by atoms with E-state index in [1.807, 2.05) is 11.3 Å². The fraction of sp³-hybridized carbons (Fsp3) is 0.692. The van der Waals surface area contributed by atoms with Crippen molar-refractivity contribution in [2.45, 2.75) is 39.3 Å². The minimum Gasteiger partial charge on any atom is -0.329 e. The molecule has 0 aromatic carbocycles. The van der Waals surface area contributed by atoms with E-state index < -0.39 is 0 Å². The molecule has 2 N–H and O–H groups in total. The Morgan fingerprint density at radius 2 is 2.38 bits per heavy atom. The van der Waals surface area contributed by atoms with Crippen LogP contribution in [0.4, 0.5) is 0 Å². The lowest BCUT2D eigenvalue weighted by Crippen LogP contribution is -2.47. The highest BCUT2D eigenvalue weighted by atomic mass is 32.1. The predicted molar refractivity (Wildman–Crippen MR) is 70.7 cm³/mol. The van der Waals surface area contributed by atoms with E-state index in [4.69, 9.17) is 5.73 Å². The Morgan fingerprint density at radius 1 is 1.56 bits per heavy atom. The Bertz CT molecular complexity index is 334. The zero-order chi connectivity index (χ0) is 11.5. The first kappa shape index (κ1) is 12.1. The summed E-state index contributed by atoms with van der Waals surface area (Å²) in [6.07, 6.45) is 2.66. The molecule has 2 nitrogen and oxygen atoms in total. The van der Waals surface area contributed by atoms with E-state index in [0.29, 0.717) is 6.04 Å². The molecule has 1 saturated heterocycles. The van der Waals surface area contributed by atoms with Gasteiger partial charge in [-0.2, -0.15) is 0 Å². The second-order valence-corrected chi connectivity index (χ2v) is 5.92. The van der Waals surface area contributed by atoms with Crippen LogP contribution in [0, 0.1) is 12.8 Å². The van der Waals surface area contributed by atoms with Crippen LogP contribution in [0.15, 0.2) is 11.4 Å². The third kappa shape index (κ3) is 2.47. The molecule has 0 amide bonds. The van der Waals surface area contributed by atoms with Crippen molar-refractivity contribution < 1.29 is 0 Å². The van der Waals surface area contributed by atoms with Crippen molar-refractivity contribution in [3.8, 4) is 0 Å². The molecule has 90 valence electrons. The van der Waals surface area contributed by atoms with E-state index in [-0.39, 0.29) is 0 Å². The standard InChI is InChI=1S/C13H22N2S/c1-10-4-3-6-15(12(10)8-14)9-13-11(2)5-7-16-13/h5,7,10,12H,3-4,6,8-9,14H2,1-2H3.